The summed E-state index contributed by atoms with van der Waals surface area (Å²) in [7, 11) is -8.28. The first-order valence-electron chi connectivity index (χ1n) is 26.7. The van der Waals surface area contributed by atoms with E-state index in [2.05, 4.69) is 55.4 Å². The van der Waals surface area contributed by atoms with Gasteiger partial charge in [0.15, 0.2) is 0 Å². The molecular weight excluding hydrogens is 1440 g/mol. The fourth-order valence-electron chi connectivity index (χ4n) is 10.0. The zero-order valence-electron chi connectivity index (χ0n) is 52.9. The number of nitrogens with zero attached hydrogens (tertiary/aromatic N) is 10. The number of allylic oxidation sites excluding steroid dienone is 5. The van der Waals surface area contributed by atoms with Crippen molar-refractivity contribution >= 4 is 141 Å². The van der Waals surface area contributed by atoms with Gasteiger partial charge in [-0.05, 0) is 128 Å². The van der Waals surface area contributed by atoms with E-state index in [9.17, 15) is 57.5 Å². The molecule has 4 heterocycles. The van der Waals surface area contributed by atoms with Gasteiger partial charge in [0, 0.05) is 62.6 Å². The molecule has 3 aliphatic rings. The third-order valence-electron chi connectivity index (χ3n) is 14.2. The van der Waals surface area contributed by atoms with Crippen LogP contribution in [0.3, 0.4) is 0 Å². The number of morpholine rings is 1. The number of hydrogen-bond acceptors (Lipinski definition) is 27. The number of aromatic nitrogens is 9. The van der Waals surface area contributed by atoms with Crippen molar-refractivity contribution in [3.63, 3.8) is 0 Å². The van der Waals surface area contributed by atoms with Gasteiger partial charge in [-0.1, -0.05) is 103 Å². The van der Waals surface area contributed by atoms with Gasteiger partial charge in [-0.15, -0.1) is 15.3 Å². The molecule has 1 saturated heterocycles. The fraction of sp³-hybridized carbons (Fsp3) is 0.140. The molecule has 470 valence electrons. The molecule has 28 nitrogen and oxygen atoms in total. The average Bonchev–Trinajstić information content (AvgIpc) is 1.64. The number of hydrogen-bond donors (Lipinski definition) is 2. The molecule has 1 fully saturated rings. The Hall–Kier alpha value is -2.43. The Kier molecular flexibility index (Phi) is 33.2. The summed E-state index contributed by atoms with van der Waals surface area (Å²) in [6, 6.07) is 25.9. The van der Waals surface area contributed by atoms with Gasteiger partial charge in [0.05, 0.1) is 52.1 Å². The van der Waals surface area contributed by atoms with Crippen molar-refractivity contribution in [2.24, 2.45) is 5.92 Å². The van der Waals surface area contributed by atoms with Crippen LogP contribution in [0.1, 0.15) is 45.1 Å². The van der Waals surface area contributed by atoms with E-state index < -0.39 is 75.1 Å². The van der Waals surface area contributed by atoms with Gasteiger partial charge < -0.3 is 48.3 Å². The topological polar surface area (TPSA) is 413 Å². The Bertz CT molecular complexity index is 4850. The maximum Gasteiger partial charge on any atom is 1.00 e. The number of fused-ring (bicyclic) bond motifs is 6. The molecule has 97 heavy (non-hydrogen) atoms. The molecule has 12 rings (SSSR count). The molecule has 9 aromatic rings. The number of anilines is 4. The molecule has 0 spiro atoms. The third kappa shape index (κ3) is 20.5. The summed E-state index contributed by atoms with van der Waals surface area (Å²) in [5.74, 6) is 0.193. The molecule has 5 unspecified atom stereocenters. The van der Waals surface area contributed by atoms with Crippen LogP contribution in [0, 0.1) is 12.8 Å². The number of nitrogens with one attached hydrogen (secondary N) is 2. The minimum Gasteiger partial charge on any atom is -0.769 e. The molecule has 2 aliphatic carbocycles. The van der Waals surface area contributed by atoms with Crippen LogP contribution in [0.5, 0.6) is 0 Å². The predicted molar refractivity (Wildman–Crippen MR) is 329 cm³/mol. The van der Waals surface area contributed by atoms with E-state index in [1.807, 2.05) is 11.0 Å². The van der Waals surface area contributed by atoms with Crippen LogP contribution >= 0.6 is 12.0 Å². The minimum atomic E-state index is -5.01. The molecule has 0 amide bonds. The van der Waals surface area contributed by atoms with Gasteiger partial charge in [0.25, 0.3) is 0 Å². The first kappa shape index (κ1) is 85.2. The van der Waals surface area contributed by atoms with E-state index >= 15 is 0 Å². The van der Waals surface area contributed by atoms with Crippen molar-refractivity contribution in [2.75, 3.05) is 48.9 Å². The van der Waals surface area contributed by atoms with Crippen molar-refractivity contribution in [3.05, 3.63) is 172 Å². The summed E-state index contributed by atoms with van der Waals surface area (Å²) >= 11 is -6.94. The van der Waals surface area contributed by atoms with Crippen LogP contribution in [-0.2, 0) is 67.6 Å². The minimum absolute atomic E-state index is 0. The first-order valence-corrected chi connectivity index (χ1v) is 33.5. The Morgan fingerprint density at radius 1 is 0.629 bits per heavy atom. The second kappa shape index (κ2) is 37.8. The molecule has 2 N–H and O–H groups in total. The van der Waals surface area contributed by atoms with E-state index in [4.69, 9.17) is 4.74 Å². The maximum absolute atomic E-state index is 12.5. The molecule has 0 bridgehead atoms. The van der Waals surface area contributed by atoms with Gasteiger partial charge in [0.2, 0.25) is 17.8 Å². The standard InChI is InChI=1S/C32H31N9O9S3.C25H19N3O7S3.6Na/c1-33-30-35-31(37-32(36-30)40-12-14-48-15-13-40)34-21-10-8-19(26(16-21)51-50-49-42)6-7-20-9-11-22(17-28(20)53(45,46)47)41-38-25-18-27(52(43)44)23-4-2-3-5-24(23)29(25)39-41;1-15-6-7-16(22(12-15)36(29)30)8-9-17-10-11-18(13-24(17)38(33,34)35)28-26-21-14-23(37(31)32)19-4-2-3-5-20(19)25(21)27-28;;;;;;/h2-11,16-18,23-24,42H,12-15H2,1H3,(H,43,44)(H,45,46,47)(H2,33,34,35,36,37);2-14H,1H3,(H,29,30)(H,31,32)(H,33,34,35);;;;;;/q;;6*+1/p-6. The van der Waals surface area contributed by atoms with Crippen LogP contribution in [-0.4, -0.2) is 131 Å². The third-order valence-corrected chi connectivity index (χ3v) is 18.9. The molecular formula is C57H44N12Na6O16S6. The molecule has 5 atom stereocenters. The second-order valence-corrected chi connectivity index (χ2v) is 26.1. The zero-order chi connectivity index (χ0) is 64.3. The van der Waals surface area contributed by atoms with Gasteiger partial charge in [-0.2, -0.15) is 34.0 Å². The monoisotopic (exact) mass is 1480 g/mol. The quantitative estimate of drug-likeness (QED) is 0.0153. The average molecular weight is 1480 g/mol. The van der Waals surface area contributed by atoms with Crippen LogP contribution < -0.4 is 198 Å². The van der Waals surface area contributed by atoms with Crippen LogP contribution in [0.2, 0.25) is 0 Å². The van der Waals surface area contributed by atoms with E-state index in [1.165, 1.54) is 71.6 Å². The van der Waals surface area contributed by atoms with Crippen molar-refractivity contribution in [1.82, 2.24) is 44.9 Å². The zero-order valence-corrected chi connectivity index (χ0v) is 69.8. The molecule has 0 saturated carbocycles. The number of aryl methyl sites for hydroxylation is 1. The van der Waals surface area contributed by atoms with Crippen LogP contribution in [0.4, 0.5) is 23.5 Å². The Balaban J connectivity index is 0.000000346. The number of benzene rings is 6. The Morgan fingerprint density at radius 3 is 1.79 bits per heavy atom. The molecule has 0 radical (unpaired) electrons. The number of rotatable bonds is 18. The molecule has 6 aromatic carbocycles. The summed E-state index contributed by atoms with van der Waals surface area (Å²) in [4.78, 5) is 17.1. The van der Waals surface area contributed by atoms with E-state index in [0.29, 0.717) is 99.6 Å². The van der Waals surface area contributed by atoms with Gasteiger partial charge >= 0.3 is 177 Å². The first-order chi connectivity index (χ1) is 43.6. The largest absolute Gasteiger partial charge is 1.00 e. The maximum atomic E-state index is 12.5. The normalized spacial score (nSPS) is 15.7. The van der Waals surface area contributed by atoms with Crippen LogP contribution in [0.15, 0.2) is 157 Å². The summed E-state index contributed by atoms with van der Waals surface area (Å²) in [6.45, 7) is 4.05. The van der Waals surface area contributed by atoms with E-state index in [1.54, 1.807) is 86.8 Å². The van der Waals surface area contributed by atoms with Crippen molar-refractivity contribution in [2.45, 2.75) is 37.3 Å². The van der Waals surface area contributed by atoms with Crippen molar-refractivity contribution < 1.29 is 249 Å². The summed E-state index contributed by atoms with van der Waals surface area (Å²) in [6.07, 6.45) is 14.3. The van der Waals surface area contributed by atoms with Crippen molar-refractivity contribution in [3.8, 4) is 11.4 Å². The SMILES string of the molecule is CNc1nc(Nc2ccc(C=Cc3ccc(-n4nc5c(n4)C4C=CC=CC4C(S(=O)[O-])=C5)cc3S(=O)(=O)[O-])c(SOO[O-])c2)nc(N2CCOCC2)n1.Cc1ccc(C=Cc2ccc(-n3nc4cc(S(=O)[O-])c5ccccc5c4n3)cc2S(=O)(=O)[O-])c(S(=O)[O-])c1.[Na+].[Na+].[Na+].[Na+].[Na+].[Na+]. The molecule has 1 aliphatic heterocycles. The smallest absolute Gasteiger partial charge is 0.769 e. The van der Waals surface area contributed by atoms with E-state index in [0.717, 1.165) is 22.5 Å². The molecule has 40 heteroatoms. The van der Waals surface area contributed by atoms with E-state index in [-0.39, 0.29) is 226 Å². The van der Waals surface area contributed by atoms with Gasteiger partial charge in [-0.3, -0.25) is 17.7 Å². The second-order valence-electron chi connectivity index (χ2n) is 19.9. The summed E-state index contributed by atoms with van der Waals surface area (Å²) in [5.41, 5.74) is 3.92. The number of ether oxygens (including phenoxy) is 1. The Labute approximate surface area is 700 Å². The van der Waals surface area contributed by atoms with Gasteiger partial charge in [0.1, 0.15) is 37.0 Å². The predicted octanol–water partition coefficient (Wildman–Crippen LogP) is -12.1. The fourth-order valence-corrected chi connectivity index (χ4v) is 13.7. The van der Waals surface area contributed by atoms with Crippen molar-refractivity contribution in [1.29, 1.82) is 0 Å². The summed E-state index contributed by atoms with van der Waals surface area (Å²) < 4.78 is 155. The summed E-state index contributed by atoms with van der Waals surface area (Å²) in [5, 5.41) is 39.0. The van der Waals surface area contributed by atoms with Gasteiger partial charge in [-0.25, -0.2) is 16.8 Å². The van der Waals surface area contributed by atoms with Crippen LogP contribution in [0.25, 0.3) is 63.6 Å². The molecule has 3 aromatic heterocycles. The Morgan fingerprint density at radius 2 is 1.20 bits per heavy atom.